The predicted molar refractivity (Wildman–Crippen MR) is 120 cm³/mol. The second-order valence-corrected chi connectivity index (χ2v) is 8.58. The first kappa shape index (κ1) is 20.3. The lowest BCUT2D eigenvalue weighted by Gasteiger charge is -2.21. The minimum absolute atomic E-state index is 0.130. The molecule has 4 nitrogen and oxygen atoms in total. The van der Waals surface area contributed by atoms with Crippen LogP contribution in [0.25, 0.3) is 5.57 Å². The van der Waals surface area contributed by atoms with E-state index in [0.29, 0.717) is 17.9 Å². The van der Waals surface area contributed by atoms with Gasteiger partial charge >= 0.3 is 0 Å². The van der Waals surface area contributed by atoms with Crippen molar-refractivity contribution in [2.75, 3.05) is 0 Å². The molecule has 0 spiro atoms. The average Bonchev–Trinajstić information content (AvgIpc) is 3.37. The zero-order valence-electron chi connectivity index (χ0n) is 17.4. The average molecular weight is 401 g/mol. The first-order valence-electron chi connectivity index (χ1n) is 10.8. The summed E-state index contributed by atoms with van der Waals surface area (Å²) >= 11 is 0. The highest BCUT2D eigenvalue weighted by Crippen LogP contribution is 2.33. The minimum atomic E-state index is -0.786. The van der Waals surface area contributed by atoms with Gasteiger partial charge in [-0.1, -0.05) is 67.6 Å². The number of hydrogen-bond donors (Lipinski definition) is 2. The van der Waals surface area contributed by atoms with E-state index in [-0.39, 0.29) is 23.4 Å². The normalized spacial score (nSPS) is 20.9. The third-order valence-electron chi connectivity index (χ3n) is 6.34. The van der Waals surface area contributed by atoms with E-state index in [1.54, 1.807) is 24.3 Å². The topological polar surface area (TPSA) is 70.0 Å². The summed E-state index contributed by atoms with van der Waals surface area (Å²) < 4.78 is 0. The van der Waals surface area contributed by atoms with Crippen LogP contribution in [-0.2, 0) is 11.2 Å². The van der Waals surface area contributed by atoms with Gasteiger partial charge in [-0.2, -0.15) is 0 Å². The molecular weight excluding hydrogens is 372 g/mol. The van der Waals surface area contributed by atoms with E-state index in [9.17, 15) is 9.59 Å². The maximum atomic E-state index is 13.3. The number of rotatable bonds is 7. The highest BCUT2D eigenvalue weighted by Gasteiger charge is 2.33. The van der Waals surface area contributed by atoms with Gasteiger partial charge in [0, 0.05) is 11.6 Å². The number of carbonyl (C=O) groups excluding carboxylic acids is 2. The van der Waals surface area contributed by atoms with Crippen LogP contribution in [0.15, 0.2) is 60.7 Å². The Morgan fingerprint density at radius 1 is 1.07 bits per heavy atom. The van der Waals surface area contributed by atoms with Gasteiger partial charge < -0.3 is 10.7 Å². The van der Waals surface area contributed by atoms with Crippen molar-refractivity contribution in [2.45, 2.75) is 45.1 Å². The molecule has 2 aromatic carbocycles. The van der Waals surface area contributed by atoms with Crippen molar-refractivity contribution < 1.29 is 9.59 Å². The lowest BCUT2D eigenvalue weighted by molar-refractivity contribution is -0.123. The Balaban J connectivity index is 1.57. The highest BCUT2D eigenvalue weighted by molar-refractivity contribution is 6.48. The predicted octanol–water partition coefficient (Wildman–Crippen LogP) is 4.84. The van der Waals surface area contributed by atoms with E-state index in [1.165, 1.54) is 5.56 Å². The van der Waals surface area contributed by atoms with Crippen LogP contribution in [0, 0.1) is 17.2 Å². The molecule has 1 amide bonds. The summed E-state index contributed by atoms with van der Waals surface area (Å²) in [6, 6.07) is 17.1. The molecule has 30 heavy (non-hydrogen) atoms. The summed E-state index contributed by atoms with van der Waals surface area (Å²) in [5, 5.41) is 11.8. The molecule has 4 heteroatoms. The molecule has 2 aromatic rings. The van der Waals surface area contributed by atoms with Gasteiger partial charge in [-0.15, -0.1) is 0 Å². The summed E-state index contributed by atoms with van der Waals surface area (Å²) in [6.07, 6.45) is 6.37. The van der Waals surface area contributed by atoms with Crippen molar-refractivity contribution in [3.05, 3.63) is 77.4 Å². The molecule has 154 valence electrons. The van der Waals surface area contributed by atoms with Gasteiger partial charge in [0.25, 0.3) is 0 Å². The summed E-state index contributed by atoms with van der Waals surface area (Å²) in [5.41, 5.74) is 3.74. The van der Waals surface area contributed by atoms with Crippen molar-refractivity contribution in [1.29, 1.82) is 5.41 Å². The Hall–Kier alpha value is -3.01. The molecule has 2 aliphatic rings. The van der Waals surface area contributed by atoms with E-state index in [0.717, 1.165) is 36.8 Å². The van der Waals surface area contributed by atoms with Gasteiger partial charge in [0.1, 0.15) is 0 Å². The van der Waals surface area contributed by atoms with E-state index < -0.39 is 5.92 Å². The smallest absolute Gasteiger partial charge is 0.229 e. The SMILES string of the molecule is CC1CCC(NC(=O)[C@H](CC2=CCc3ccccc32)C(=N)C(=O)c2ccccc2)C1. The number of fused-ring (bicyclic) bond motifs is 1. The quantitative estimate of drug-likeness (QED) is 0.516. The number of hydrogen-bond acceptors (Lipinski definition) is 3. The Morgan fingerprint density at radius 3 is 2.53 bits per heavy atom. The molecule has 0 aliphatic heterocycles. The number of allylic oxidation sites excluding steroid dienone is 2. The second kappa shape index (κ2) is 8.78. The van der Waals surface area contributed by atoms with Crippen molar-refractivity contribution in [1.82, 2.24) is 5.32 Å². The van der Waals surface area contributed by atoms with Gasteiger partial charge in [-0.05, 0) is 54.7 Å². The zero-order chi connectivity index (χ0) is 21.1. The summed E-state index contributed by atoms with van der Waals surface area (Å²) in [7, 11) is 0. The van der Waals surface area contributed by atoms with Gasteiger partial charge in [-0.25, -0.2) is 0 Å². The molecule has 2 unspecified atom stereocenters. The third-order valence-corrected chi connectivity index (χ3v) is 6.34. The van der Waals surface area contributed by atoms with Crippen LogP contribution in [0.2, 0.25) is 0 Å². The first-order chi connectivity index (χ1) is 14.5. The molecule has 4 rings (SSSR count). The van der Waals surface area contributed by atoms with Crippen LogP contribution >= 0.6 is 0 Å². The molecular formula is C26H28N2O2. The van der Waals surface area contributed by atoms with Crippen molar-refractivity contribution >= 4 is 23.0 Å². The van der Waals surface area contributed by atoms with Crippen LogP contribution in [0.3, 0.4) is 0 Å². The summed E-state index contributed by atoms with van der Waals surface area (Å²) in [4.78, 5) is 26.2. The summed E-state index contributed by atoms with van der Waals surface area (Å²) in [6.45, 7) is 2.20. The Labute approximate surface area is 177 Å². The highest BCUT2D eigenvalue weighted by atomic mass is 16.2. The number of Topliss-reactive ketones (excluding diaryl/α,β-unsaturated/α-hetero) is 1. The van der Waals surface area contributed by atoms with Crippen molar-refractivity contribution in [3.63, 3.8) is 0 Å². The standard InChI is InChI=1S/C26H28N2O2/c1-17-11-14-21(15-17)28-26(30)23(24(27)25(29)19-8-3-2-4-9-19)16-20-13-12-18-7-5-6-10-22(18)20/h2-10,13,17,21,23,27H,11-12,14-16H2,1H3,(H,28,30)/t17?,21?,23-/m1/s1. The monoisotopic (exact) mass is 400 g/mol. The second-order valence-electron chi connectivity index (χ2n) is 8.58. The van der Waals surface area contributed by atoms with Gasteiger partial charge in [0.2, 0.25) is 11.7 Å². The lowest BCUT2D eigenvalue weighted by atomic mass is 9.87. The Morgan fingerprint density at radius 2 is 1.80 bits per heavy atom. The molecule has 3 atom stereocenters. The molecule has 0 bridgehead atoms. The fraction of sp³-hybridized carbons (Fsp3) is 0.346. The fourth-order valence-corrected chi connectivity index (χ4v) is 4.64. The molecule has 0 aromatic heterocycles. The number of carbonyl (C=O) groups is 2. The van der Waals surface area contributed by atoms with E-state index >= 15 is 0 Å². The maximum absolute atomic E-state index is 13.3. The molecule has 2 aliphatic carbocycles. The minimum Gasteiger partial charge on any atom is -0.353 e. The van der Waals surface area contributed by atoms with Gasteiger partial charge in [0.15, 0.2) is 0 Å². The third kappa shape index (κ3) is 4.28. The number of nitrogens with one attached hydrogen (secondary N) is 2. The largest absolute Gasteiger partial charge is 0.353 e. The van der Waals surface area contributed by atoms with E-state index in [2.05, 4.69) is 30.4 Å². The van der Waals surface area contributed by atoms with Crippen LogP contribution in [0.4, 0.5) is 0 Å². The van der Waals surface area contributed by atoms with Crippen LogP contribution in [0.1, 0.15) is 54.1 Å². The van der Waals surface area contributed by atoms with Crippen molar-refractivity contribution in [2.24, 2.45) is 11.8 Å². The van der Waals surface area contributed by atoms with E-state index in [4.69, 9.17) is 5.41 Å². The molecule has 0 saturated heterocycles. The van der Waals surface area contributed by atoms with Gasteiger partial charge in [-0.3, -0.25) is 9.59 Å². The molecule has 2 N–H and O–H groups in total. The summed E-state index contributed by atoms with van der Waals surface area (Å²) in [5.74, 6) is -0.759. The molecule has 1 fully saturated rings. The number of amides is 1. The number of ketones is 1. The van der Waals surface area contributed by atoms with Crippen LogP contribution in [0.5, 0.6) is 0 Å². The van der Waals surface area contributed by atoms with Crippen LogP contribution < -0.4 is 5.32 Å². The maximum Gasteiger partial charge on any atom is 0.229 e. The Kier molecular flexibility index (Phi) is 5.93. The molecule has 1 saturated carbocycles. The lowest BCUT2D eigenvalue weighted by Crippen LogP contribution is -2.42. The number of benzene rings is 2. The zero-order valence-corrected chi connectivity index (χ0v) is 17.4. The first-order valence-corrected chi connectivity index (χ1v) is 10.8. The van der Waals surface area contributed by atoms with Crippen LogP contribution in [-0.4, -0.2) is 23.4 Å². The van der Waals surface area contributed by atoms with E-state index in [1.807, 2.05) is 18.2 Å². The fourth-order valence-electron chi connectivity index (χ4n) is 4.64. The molecule has 0 radical (unpaired) electrons. The van der Waals surface area contributed by atoms with Gasteiger partial charge in [0.05, 0.1) is 11.6 Å². The van der Waals surface area contributed by atoms with Crippen molar-refractivity contribution in [3.8, 4) is 0 Å². The molecule has 0 heterocycles. The Bertz CT molecular complexity index is 993.